The van der Waals surface area contributed by atoms with E-state index in [1.54, 1.807) is 25.1 Å². The number of nitrogens with zero attached hydrogens (tertiary/aromatic N) is 2. The summed E-state index contributed by atoms with van der Waals surface area (Å²) in [4.78, 5) is 24.7. The number of fused-ring (bicyclic) bond motifs is 1. The van der Waals surface area contributed by atoms with E-state index in [2.05, 4.69) is 10.4 Å². The predicted molar refractivity (Wildman–Crippen MR) is 116 cm³/mol. The number of rotatable bonds is 4. The molecule has 9 heteroatoms. The van der Waals surface area contributed by atoms with Gasteiger partial charge in [-0.2, -0.15) is 18.3 Å². The first-order valence-corrected chi connectivity index (χ1v) is 10.3. The summed E-state index contributed by atoms with van der Waals surface area (Å²) in [7, 11) is 0. The lowest BCUT2D eigenvalue weighted by molar-refractivity contribution is -0.137. The van der Waals surface area contributed by atoms with Crippen LogP contribution in [0.15, 0.2) is 63.9 Å². The molecule has 33 heavy (non-hydrogen) atoms. The van der Waals surface area contributed by atoms with Gasteiger partial charge >= 0.3 is 11.8 Å². The highest BCUT2D eigenvalue weighted by Crippen LogP contribution is 2.43. The monoisotopic (exact) mass is 453 g/mol. The Morgan fingerprint density at radius 1 is 1.15 bits per heavy atom. The fraction of sp³-hybridized carbons (Fsp3) is 0.208. The van der Waals surface area contributed by atoms with E-state index in [1.165, 1.54) is 29.1 Å². The predicted octanol–water partition coefficient (Wildman–Crippen LogP) is 5.44. The second-order valence-electron chi connectivity index (χ2n) is 8.09. The van der Waals surface area contributed by atoms with Crippen LogP contribution in [-0.2, 0) is 6.18 Å². The van der Waals surface area contributed by atoms with Crippen LogP contribution in [-0.4, -0.2) is 15.7 Å². The van der Waals surface area contributed by atoms with Gasteiger partial charge in [-0.3, -0.25) is 4.79 Å². The van der Waals surface area contributed by atoms with Crippen molar-refractivity contribution in [1.29, 1.82) is 0 Å². The molecule has 0 bridgehead atoms. The lowest BCUT2D eigenvalue weighted by Crippen LogP contribution is -2.14. The van der Waals surface area contributed by atoms with Crippen molar-refractivity contribution in [2.45, 2.75) is 31.9 Å². The Bertz CT molecular complexity index is 1450. The highest BCUT2D eigenvalue weighted by Gasteiger charge is 2.34. The van der Waals surface area contributed by atoms with Gasteiger partial charge in [0.2, 0.25) is 0 Å². The minimum absolute atomic E-state index is 0.0417. The van der Waals surface area contributed by atoms with Gasteiger partial charge in [0.15, 0.2) is 0 Å². The molecule has 1 fully saturated rings. The number of carbonyl (C=O) groups excluding carboxylic acids is 1. The fourth-order valence-corrected chi connectivity index (χ4v) is 3.90. The summed E-state index contributed by atoms with van der Waals surface area (Å²) in [5, 5.41) is 7.77. The smallest absolute Gasteiger partial charge is 0.416 e. The Labute approximate surface area is 185 Å². The molecule has 0 atom stereocenters. The standard InChI is InChI=1S/C24H18F3N3O3/c1-13-9-21(31)33-20-11-16(7-8-18(13)20)29-23(32)19-12-28-30(22(19)14-5-6-14)17-4-2-3-15(10-17)24(25,26)27/h2-4,7-12,14H,5-6H2,1H3,(H,29,32). The van der Waals surface area contributed by atoms with Gasteiger partial charge in [0, 0.05) is 29.1 Å². The Kier molecular flexibility index (Phi) is 4.84. The van der Waals surface area contributed by atoms with Gasteiger partial charge < -0.3 is 9.73 Å². The van der Waals surface area contributed by atoms with Crippen molar-refractivity contribution in [3.8, 4) is 5.69 Å². The average molecular weight is 453 g/mol. The van der Waals surface area contributed by atoms with Gasteiger partial charge in [0.1, 0.15) is 5.58 Å². The SMILES string of the molecule is Cc1cc(=O)oc2cc(NC(=O)c3cnn(-c4cccc(C(F)(F)F)c4)c3C3CC3)ccc12. The van der Waals surface area contributed by atoms with E-state index in [4.69, 9.17) is 4.42 Å². The molecule has 1 saturated carbocycles. The van der Waals surface area contributed by atoms with E-state index in [9.17, 15) is 22.8 Å². The number of amides is 1. The number of hydrogen-bond donors (Lipinski definition) is 1. The van der Waals surface area contributed by atoms with Crippen LogP contribution < -0.4 is 10.9 Å². The van der Waals surface area contributed by atoms with E-state index in [0.29, 0.717) is 22.5 Å². The first-order valence-electron chi connectivity index (χ1n) is 10.3. The van der Waals surface area contributed by atoms with Gasteiger partial charge in [-0.05, 0) is 55.7 Å². The zero-order valence-electron chi connectivity index (χ0n) is 17.4. The normalized spacial score (nSPS) is 13.9. The molecule has 1 aliphatic carbocycles. The Balaban J connectivity index is 1.49. The molecule has 168 valence electrons. The summed E-state index contributed by atoms with van der Waals surface area (Å²) in [6, 6.07) is 11.3. The first kappa shape index (κ1) is 21.0. The Hall–Kier alpha value is -3.88. The molecule has 2 heterocycles. The second kappa shape index (κ2) is 7.61. The topological polar surface area (TPSA) is 77.1 Å². The van der Waals surface area contributed by atoms with Crippen molar-refractivity contribution in [2.24, 2.45) is 0 Å². The highest BCUT2D eigenvalue weighted by atomic mass is 19.4. The number of hydrogen-bond acceptors (Lipinski definition) is 4. The zero-order valence-corrected chi connectivity index (χ0v) is 17.4. The molecule has 2 aromatic carbocycles. The molecule has 1 amide bonds. The van der Waals surface area contributed by atoms with E-state index < -0.39 is 23.3 Å². The number of benzene rings is 2. The van der Waals surface area contributed by atoms with Crippen LogP contribution in [0.1, 0.15) is 45.9 Å². The van der Waals surface area contributed by atoms with Crippen LogP contribution in [0, 0.1) is 6.92 Å². The van der Waals surface area contributed by atoms with Gasteiger partial charge in [-0.25, -0.2) is 9.48 Å². The summed E-state index contributed by atoms with van der Waals surface area (Å²) >= 11 is 0. The third-order valence-electron chi connectivity index (χ3n) is 5.64. The number of alkyl halides is 3. The third-order valence-corrected chi connectivity index (χ3v) is 5.64. The van der Waals surface area contributed by atoms with Crippen molar-refractivity contribution in [3.63, 3.8) is 0 Å². The fourth-order valence-electron chi connectivity index (χ4n) is 3.90. The number of carbonyl (C=O) groups is 1. The summed E-state index contributed by atoms with van der Waals surface area (Å²) < 4.78 is 46.1. The summed E-state index contributed by atoms with van der Waals surface area (Å²) in [5.41, 5.74) is 1.38. The molecule has 2 aromatic heterocycles. The van der Waals surface area contributed by atoms with Crippen molar-refractivity contribution in [1.82, 2.24) is 9.78 Å². The average Bonchev–Trinajstić information content (AvgIpc) is 3.50. The van der Waals surface area contributed by atoms with Crippen molar-refractivity contribution in [3.05, 3.63) is 87.5 Å². The Morgan fingerprint density at radius 3 is 2.67 bits per heavy atom. The van der Waals surface area contributed by atoms with Crippen molar-refractivity contribution < 1.29 is 22.4 Å². The molecule has 0 spiro atoms. The van der Waals surface area contributed by atoms with Crippen LogP contribution in [0.5, 0.6) is 0 Å². The van der Waals surface area contributed by atoms with Gasteiger partial charge in [-0.1, -0.05) is 6.07 Å². The van der Waals surface area contributed by atoms with Crippen LogP contribution in [0.3, 0.4) is 0 Å². The summed E-state index contributed by atoms with van der Waals surface area (Å²) in [6.07, 6.45) is -1.46. The molecule has 5 rings (SSSR count). The van der Waals surface area contributed by atoms with E-state index >= 15 is 0 Å². The second-order valence-corrected chi connectivity index (χ2v) is 8.09. The van der Waals surface area contributed by atoms with Gasteiger partial charge in [0.25, 0.3) is 5.91 Å². The molecule has 0 aliphatic heterocycles. The molecule has 0 unspecified atom stereocenters. The van der Waals surface area contributed by atoms with Gasteiger partial charge in [-0.15, -0.1) is 0 Å². The maximum Gasteiger partial charge on any atom is 0.416 e. The minimum atomic E-state index is -4.48. The molecule has 4 aromatic rings. The summed E-state index contributed by atoms with van der Waals surface area (Å²) in [5.74, 6) is -0.399. The van der Waals surface area contributed by atoms with E-state index in [1.807, 2.05) is 0 Å². The van der Waals surface area contributed by atoms with Crippen LogP contribution in [0.4, 0.5) is 18.9 Å². The van der Waals surface area contributed by atoms with Crippen LogP contribution in [0.25, 0.3) is 16.7 Å². The highest BCUT2D eigenvalue weighted by molar-refractivity contribution is 6.06. The van der Waals surface area contributed by atoms with E-state index in [0.717, 1.165) is 35.9 Å². The molecule has 1 N–H and O–H groups in total. The number of aryl methyl sites for hydroxylation is 1. The largest absolute Gasteiger partial charge is 0.423 e. The van der Waals surface area contributed by atoms with Crippen LogP contribution >= 0.6 is 0 Å². The number of nitrogens with one attached hydrogen (secondary N) is 1. The lowest BCUT2D eigenvalue weighted by atomic mass is 10.1. The molecular formula is C24H18F3N3O3. The third kappa shape index (κ3) is 4.02. The number of halogens is 3. The maximum absolute atomic E-state index is 13.2. The first-order chi connectivity index (χ1) is 15.7. The van der Waals surface area contributed by atoms with Crippen LogP contribution in [0.2, 0.25) is 0 Å². The molecular weight excluding hydrogens is 435 g/mol. The molecule has 0 saturated heterocycles. The number of anilines is 1. The van der Waals surface area contributed by atoms with Gasteiger partial charge in [0.05, 0.1) is 28.7 Å². The minimum Gasteiger partial charge on any atom is -0.423 e. The molecule has 6 nitrogen and oxygen atoms in total. The summed E-state index contributed by atoms with van der Waals surface area (Å²) in [6.45, 7) is 1.79. The van der Waals surface area contributed by atoms with E-state index in [-0.39, 0.29) is 11.6 Å². The number of aromatic nitrogens is 2. The molecule has 1 aliphatic rings. The van der Waals surface area contributed by atoms with Crippen molar-refractivity contribution in [2.75, 3.05) is 5.32 Å². The quantitative estimate of drug-likeness (QED) is 0.418. The van der Waals surface area contributed by atoms with Crippen molar-refractivity contribution >= 4 is 22.6 Å². The Morgan fingerprint density at radius 2 is 1.94 bits per heavy atom. The molecule has 0 radical (unpaired) electrons. The maximum atomic E-state index is 13.2. The zero-order chi connectivity index (χ0) is 23.3. The lowest BCUT2D eigenvalue weighted by Gasteiger charge is -2.12.